The molecule has 0 aliphatic heterocycles. The minimum absolute atomic E-state index is 0.0578. The zero-order valence-corrected chi connectivity index (χ0v) is 10.0. The van der Waals surface area contributed by atoms with E-state index in [9.17, 15) is 9.59 Å². The van der Waals surface area contributed by atoms with E-state index in [1.165, 1.54) is 23.1 Å². The predicted octanol–water partition coefficient (Wildman–Crippen LogP) is 0.347. The molecule has 0 aliphatic rings. The molecule has 0 aliphatic carbocycles. The summed E-state index contributed by atoms with van der Waals surface area (Å²) >= 11 is 0. The quantitative estimate of drug-likeness (QED) is 0.791. The van der Waals surface area contributed by atoms with E-state index in [1.54, 1.807) is 14.0 Å². The Bertz CT molecular complexity index is 629. The second-order valence-corrected chi connectivity index (χ2v) is 3.53. The van der Waals surface area contributed by atoms with Crippen LogP contribution in [0.3, 0.4) is 0 Å². The molecule has 0 unspecified atom stereocenters. The van der Waals surface area contributed by atoms with Gasteiger partial charge in [0, 0.05) is 25.5 Å². The number of esters is 1. The Balaban J connectivity index is 2.45. The fourth-order valence-electron chi connectivity index (χ4n) is 1.49. The number of ether oxygens (including phenoxy) is 1. The fourth-order valence-corrected chi connectivity index (χ4v) is 1.49. The Morgan fingerprint density at radius 3 is 3.00 bits per heavy atom. The number of H-pyrrole nitrogens is 1. The number of rotatable bonds is 3. The standard InChI is InChI=1S/C11H12N4O3/c1-3-18-11(17)9-13-10(15(2)14-9)7-6-12-5-4-8(7)16/h4-6H,3H2,1-2H3,(H,12,16). The average molecular weight is 248 g/mol. The molecule has 2 aromatic rings. The molecule has 0 bridgehead atoms. The predicted molar refractivity (Wildman–Crippen MR) is 63.0 cm³/mol. The van der Waals surface area contributed by atoms with Crippen LogP contribution in [0, 0.1) is 0 Å². The van der Waals surface area contributed by atoms with E-state index in [2.05, 4.69) is 15.1 Å². The third-order valence-electron chi connectivity index (χ3n) is 2.29. The largest absolute Gasteiger partial charge is 0.460 e. The summed E-state index contributed by atoms with van der Waals surface area (Å²) in [6.07, 6.45) is 3.04. The molecule has 0 atom stereocenters. The van der Waals surface area contributed by atoms with Crippen molar-refractivity contribution in [1.29, 1.82) is 0 Å². The summed E-state index contributed by atoms with van der Waals surface area (Å²) in [6.45, 7) is 1.95. The monoisotopic (exact) mass is 248 g/mol. The number of nitrogens with one attached hydrogen (secondary N) is 1. The van der Waals surface area contributed by atoms with Crippen LogP contribution in [0.5, 0.6) is 0 Å². The van der Waals surface area contributed by atoms with Crippen molar-refractivity contribution in [2.45, 2.75) is 6.92 Å². The van der Waals surface area contributed by atoms with Crippen LogP contribution >= 0.6 is 0 Å². The third-order valence-corrected chi connectivity index (χ3v) is 2.29. The second kappa shape index (κ2) is 4.82. The van der Waals surface area contributed by atoms with Crippen LogP contribution in [0.4, 0.5) is 0 Å². The van der Waals surface area contributed by atoms with Gasteiger partial charge in [-0.25, -0.2) is 14.5 Å². The second-order valence-electron chi connectivity index (χ2n) is 3.53. The lowest BCUT2D eigenvalue weighted by Crippen LogP contribution is -2.07. The molecule has 2 rings (SSSR count). The van der Waals surface area contributed by atoms with Crippen molar-refractivity contribution in [3.05, 3.63) is 34.5 Å². The van der Waals surface area contributed by atoms with E-state index in [-0.39, 0.29) is 17.9 Å². The van der Waals surface area contributed by atoms with E-state index in [0.29, 0.717) is 11.4 Å². The highest BCUT2D eigenvalue weighted by Gasteiger charge is 2.18. The number of aryl methyl sites for hydroxylation is 1. The van der Waals surface area contributed by atoms with Crippen molar-refractivity contribution < 1.29 is 9.53 Å². The first-order valence-corrected chi connectivity index (χ1v) is 5.39. The molecule has 0 spiro atoms. The summed E-state index contributed by atoms with van der Waals surface area (Å²) < 4.78 is 6.17. The van der Waals surface area contributed by atoms with Gasteiger partial charge < -0.3 is 9.72 Å². The van der Waals surface area contributed by atoms with Crippen LogP contribution in [0.25, 0.3) is 11.4 Å². The first kappa shape index (κ1) is 12.0. The molecule has 94 valence electrons. The molecule has 1 N–H and O–H groups in total. The van der Waals surface area contributed by atoms with Crippen molar-refractivity contribution in [2.24, 2.45) is 7.05 Å². The van der Waals surface area contributed by atoms with E-state index in [4.69, 9.17) is 4.74 Å². The van der Waals surface area contributed by atoms with Gasteiger partial charge >= 0.3 is 5.97 Å². The van der Waals surface area contributed by atoms with Gasteiger partial charge in [0.1, 0.15) is 0 Å². The zero-order valence-electron chi connectivity index (χ0n) is 10.0. The summed E-state index contributed by atoms with van der Waals surface area (Å²) in [5, 5.41) is 3.92. The maximum absolute atomic E-state index is 11.7. The lowest BCUT2D eigenvalue weighted by atomic mass is 10.2. The summed E-state index contributed by atoms with van der Waals surface area (Å²) in [5.74, 6) is -0.343. The van der Waals surface area contributed by atoms with Crippen molar-refractivity contribution in [3.8, 4) is 11.4 Å². The van der Waals surface area contributed by atoms with Crippen LogP contribution in [0.15, 0.2) is 23.3 Å². The Morgan fingerprint density at radius 1 is 1.56 bits per heavy atom. The number of carbonyl (C=O) groups excluding carboxylic acids is 1. The molecule has 18 heavy (non-hydrogen) atoms. The third kappa shape index (κ3) is 2.15. The molecule has 2 aromatic heterocycles. The van der Waals surface area contributed by atoms with Gasteiger partial charge in [0.15, 0.2) is 11.3 Å². The van der Waals surface area contributed by atoms with Gasteiger partial charge in [0.05, 0.1) is 12.2 Å². The Morgan fingerprint density at radius 2 is 2.33 bits per heavy atom. The lowest BCUT2D eigenvalue weighted by Gasteiger charge is -1.97. The minimum atomic E-state index is -0.605. The molecule has 0 saturated carbocycles. The van der Waals surface area contributed by atoms with E-state index in [0.717, 1.165) is 0 Å². The zero-order chi connectivity index (χ0) is 13.1. The fraction of sp³-hybridized carbons (Fsp3) is 0.273. The maximum Gasteiger partial charge on any atom is 0.378 e. The lowest BCUT2D eigenvalue weighted by molar-refractivity contribution is 0.0512. The molecule has 0 saturated heterocycles. The van der Waals surface area contributed by atoms with Gasteiger partial charge in [0.2, 0.25) is 0 Å². The molecule has 0 amide bonds. The molecule has 7 heteroatoms. The van der Waals surface area contributed by atoms with Gasteiger partial charge in [-0.2, -0.15) is 0 Å². The number of nitrogens with zero attached hydrogens (tertiary/aromatic N) is 3. The van der Waals surface area contributed by atoms with Gasteiger partial charge in [-0.3, -0.25) is 4.79 Å². The maximum atomic E-state index is 11.7. The Labute approximate surface area is 102 Å². The summed E-state index contributed by atoms with van der Waals surface area (Å²) in [5.41, 5.74) is 0.155. The smallest absolute Gasteiger partial charge is 0.378 e. The van der Waals surface area contributed by atoms with Gasteiger partial charge in [-0.1, -0.05) is 0 Å². The summed E-state index contributed by atoms with van der Waals surface area (Å²) in [4.78, 5) is 29.9. The first-order chi connectivity index (χ1) is 8.63. The molecule has 7 nitrogen and oxygen atoms in total. The Hall–Kier alpha value is -2.44. The first-order valence-electron chi connectivity index (χ1n) is 5.39. The van der Waals surface area contributed by atoms with Crippen molar-refractivity contribution in [3.63, 3.8) is 0 Å². The Kier molecular flexibility index (Phi) is 3.22. The van der Waals surface area contributed by atoms with E-state index >= 15 is 0 Å². The highest BCUT2D eigenvalue weighted by molar-refractivity contribution is 5.85. The van der Waals surface area contributed by atoms with E-state index < -0.39 is 5.97 Å². The normalized spacial score (nSPS) is 10.3. The number of hydrogen-bond acceptors (Lipinski definition) is 5. The molecule has 0 aromatic carbocycles. The number of carbonyl (C=O) groups is 1. The number of aromatic nitrogens is 4. The highest BCUT2D eigenvalue weighted by atomic mass is 16.5. The minimum Gasteiger partial charge on any atom is -0.460 e. The van der Waals surface area contributed by atoms with Crippen molar-refractivity contribution in [2.75, 3.05) is 6.61 Å². The van der Waals surface area contributed by atoms with Crippen LogP contribution in [0.1, 0.15) is 17.5 Å². The molecule has 2 heterocycles. The average Bonchev–Trinajstić information content (AvgIpc) is 2.72. The van der Waals surface area contributed by atoms with Gasteiger partial charge in [0.25, 0.3) is 5.82 Å². The molecular formula is C11H12N4O3. The molecule has 0 radical (unpaired) electrons. The number of pyridine rings is 1. The highest BCUT2D eigenvalue weighted by Crippen LogP contribution is 2.11. The molecule has 0 fully saturated rings. The van der Waals surface area contributed by atoms with Gasteiger partial charge in [-0.05, 0) is 6.92 Å². The van der Waals surface area contributed by atoms with Crippen LogP contribution < -0.4 is 5.43 Å². The summed E-state index contributed by atoms with van der Waals surface area (Å²) in [7, 11) is 1.61. The van der Waals surface area contributed by atoms with Crippen molar-refractivity contribution in [1.82, 2.24) is 19.7 Å². The summed E-state index contributed by atoms with van der Waals surface area (Å²) in [6, 6.07) is 1.38. The SMILES string of the molecule is CCOC(=O)c1nc(-c2c[nH]ccc2=O)n(C)n1. The van der Waals surface area contributed by atoms with Crippen LogP contribution in [0.2, 0.25) is 0 Å². The topological polar surface area (TPSA) is 89.9 Å². The van der Waals surface area contributed by atoms with E-state index in [1.807, 2.05) is 0 Å². The number of hydrogen-bond donors (Lipinski definition) is 1. The van der Waals surface area contributed by atoms with Crippen molar-refractivity contribution >= 4 is 5.97 Å². The molecular weight excluding hydrogens is 236 g/mol. The number of aromatic amines is 1. The van der Waals surface area contributed by atoms with Crippen LogP contribution in [-0.2, 0) is 11.8 Å². The van der Waals surface area contributed by atoms with Gasteiger partial charge in [-0.15, -0.1) is 5.10 Å². The van der Waals surface area contributed by atoms with Crippen LogP contribution in [-0.4, -0.2) is 32.3 Å².